The average molecular weight is 307 g/mol. The lowest BCUT2D eigenvalue weighted by Gasteiger charge is -2.07. The van der Waals surface area contributed by atoms with Gasteiger partial charge in [-0.1, -0.05) is 17.4 Å². The summed E-state index contributed by atoms with van der Waals surface area (Å²) in [5.74, 6) is 0.731. The maximum atomic E-state index is 11.9. The van der Waals surface area contributed by atoms with Crippen molar-refractivity contribution in [2.24, 2.45) is 0 Å². The molecule has 0 aliphatic rings. The summed E-state index contributed by atoms with van der Waals surface area (Å²) in [6.07, 6.45) is 0.220. The summed E-state index contributed by atoms with van der Waals surface area (Å²) < 4.78 is 6.86. The maximum Gasteiger partial charge on any atom is 0.307 e. The van der Waals surface area contributed by atoms with Crippen LogP contribution in [0.25, 0.3) is 0 Å². The number of nitrogens with one attached hydrogen (secondary N) is 1. The molecule has 0 aliphatic carbocycles. The molecule has 0 aromatic carbocycles. The van der Waals surface area contributed by atoms with Gasteiger partial charge in [-0.3, -0.25) is 9.59 Å². The Morgan fingerprint density at radius 3 is 2.95 bits per heavy atom. The second-order valence-electron chi connectivity index (χ2n) is 4.39. The molecule has 0 saturated heterocycles. The summed E-state index contributed by atoms with van der Waals surface area (Å²) in [6, 6.07) is 5.19. The molecule has 0 bridgehead atoms. The van der Waals surface area contributed by atoms with Gasteiger partial charge in [-0.15, -0.1) is 0 Å². The summed E-state index contributed by atoms with van der Waals surface area (Å²) in [6.45, 7) is 4.60. The standard InChI is InChI=1S/C14H17N3O3S/c1-3-20-13-6-4-5-11(16-13)15-12(18)7-8-17-10(2)9-21-14(17)19/h4-6,9H,3,7-8H2,1-2H3,(H,15,16,18). The van der Waals surface area contributed by atoms with Crippen LogP contribution in [0, 0.1) is 6.92 Å². The topological polar surface area (TPSA) is 73.2 Å². The number of anilines is 1. The molecule has 112 valence electrons. The fraction of sp³-hybridized carbons (Fsp3) is 0.357. The predicted octanol–water partition coefficient (Wildman–Crippen LogP) is 2.04. The molecule has 1 amide bonds. The van der Waals surface area contributed by atoms with E-state index in [1.807, 2.05) is 13.8 Å². The van der Waals surface area contributed by atoms with E-state index in [-0.39, 0.29) is 17.2 Å². The predicted molar refractivity (Wildman–Crippen MR) is 82.0 cm³/mol. The number of nitrogens with zero attached hydrogens (tertiary/aromatic N) is 2. The van der Waals surface area contributed by atoms with Crippen LogP contribution < -0.4 is 14.9 Å². The van der Waals surface area contributed by atoms with Gasteiger partial charge in [0.25, 0.3) is 0 Å². The van der Waals surface area contributed by atoms with Crippen LogP contribution in [-0.4, -0.2) is 22.1 Å². The van der Waals surface area contributed by atoms with Gasteiger partial charge in [0.05, 0.1) is 6.61 Å². The van der Waals surface area contributed by atoms with Crippen molar-refractivity contribution in [1.29, 1.82) is 0 Å². The lowest BCUT2D eigenvalue weighted by atomic mass is 10.3. The number of carbonyl (C=O) groups excluding carboxylic acids is 1. The minimum atomic E-state index is -0.186. The molecule has 21 heavy (non-hydrogen) atoms. The van der Waals surface area contributed by atoms with E-state index in [1.165, 1.54) is 0 Å². The lowest BCUT2D eigenvalue weighted by molar-refractivity contribution is -0.116. The zero-order chi connectivity index (χ0) is 15.2. The molecule has 6 nitrogen and oxygen atoms in total. The molecule has 2 rings (SSSR count). The first kappa shape index (κ1) is 15.2. The molecular weight excluding hydrogens is 290 g/mol. The van der Waals surface area contributed by atoms with Gasteiger partial charge in [0.2, 0.25) is 11.8 Å². The average Bonchev–Trinajstić information content (AvgIpc) is 2.77. The highest BCUT2D eigenvalue weighted by molar-refractivity contribution is 7.07. The number of amides is 1. The van der Waals surface area contributed by atoms with Crippen molar-refractivity contribution in [3.8, 4) is 5.88 Å². The minimum absolute atomic E-state index is 0.0447. The van der Waals surface area contributed by atoms with Crippen molar-refractivity contribution in [2.75, 3.05) is 11.9 Å². The molecular formula is C14H17N3O3S. The van der Waals surface area contributed by atoms with Gasteiger partial charge in [-0.2, -0.15) is 4.98 Å². The van der Waals surface area contributed by atoms with Gasteiger partial charge in [0, 0.05) is 30.1 Å². The minimum Gasteiger partial charge on any atom is -0.478 e. The summed E-state index contributed by atoms with van der Waals surface area (Å²) in [7, 11) is 0. The molecule has 0 atom stereocenters. The highest BCUT2D eigenvalue weighted by atomic mass is 32.1. The van der Waals surface area contributed by atoms with Crippen LogP contribution in [0.3, 0.4) is 0 Å². The van der Waals surface area contributed by atoms with Crippen LogP contribution >= 0.6 is 11.3 Å². The molecule has 7 heteroatoms. The number of aryl methyl sites for hydroxylation is 1. The van der Waals surface area contributed by atoms with E-state index in [9.17, 15) is 9.59 Å². The molecule has 2 aromatic rings. The van der Waals surface area contributed by atoms with E-state index in [1.54, 1.807) is 28.1 Å². The Balaban J connectivity index is 1.93. The largest absolute Gasteiger partial charge is 0.478 e. The first-order chi connectivity index (χ1) is 10.1. The third-order valence-corrected chi connectivity index (χ3v) is 3.70. The zero-order valence-electron chi connectivity index (χ0n) is 12.0. The van der Waals surface area contributed by atoms with Gasteiger partial charge in [0.1, 0.15) is 5.82 Å². The number of aromatic nitrogens is 2. The molecule has 1 N–H and O–H groups in total. The Bertz CT molecular complexity index is 678. The summed E-state index contributed by atoms with van der Waals surface area (Å²) >= 11 is 1.14. The first-order valence-electron chi connectivity index (χ1n) is 6.64. The van der Waals surface area contributed by atoms with Crippen molar-refractivity contribution in [3.05, 3.63) is 38.9 Å². The Morgan fingerprint density at radius 2 is 2.29 bits per heavy atom. The van der Waals surface area contributed by atoms with Crippen molar-refractivity contribution in [2.45, 2.75) is 26.8 Å². The van der Waals surface area contributed by atoms with Crippen LogP contribution in [0.4, 0.5) is 5.82 Å². The van der Waals surface area contributed by atoms with E-state index in [0.717, 1.165) is 17.0 Å². The molecule has 0 radical (unpaired) electrons. The summed E-state index contributed by atoms with van der Waals surface area (Å²) in [5, 5.41) is 4.49. The number of thiazole rings is 1. The van der Waals surface area contributed by atoms with Gasteiger partial charge in [-0.25, -0.2) is 0 Å². The molecule has 0 fully saturated rings. The number of carbonyl (C=O) groups is 1. The van der Waals surface area contributed by atoms with Crippen molar-refractivity contribution >= 4 is 23.1 Å². The van der Waals surface area contributed by atoms with Crippen LogP contribution in [0.5, 0.6) is 5.88 Å². The van der Waals surface area contributed by atoms with E-state index >= 15 is 0 Å². The fourth-order valence-corrected chi connectivity index (χ4v) is 2.57. The highest BCUT2D eigenvalue weighted by Gasteiger charge is 2.08. The van der Waals surface area contributed by atoms with E-state index in [4.69, 9.17) is 4.74 Å². The van der Waals surface area contributed by atoms with Crippen LogP contribution in [0.15, 0.2) is 28.4 Å². The molecule has 0 saturated carbocycles. The molecule has 2 aromatic heterocycles. The summed E-state index contributed by atoms with van der Waals surface area (Å²) in [4.78, 5) is 27.6. The quantitative estimate of drug-likeness (QED) is 0.886. The smallest absolute Gasteiger partial charge is 0.307 e. The zero-order valence-corrected chi connectivity index (χ0v) is 12.8. The number of pyridine rings is 1. The molecule has 2 heterocycles. The van der Waals surface area contributed by atoms with Crippen LogP contribution in [-0.2, 0) is 11.3 Å². The lowest BCUT2D eigenvalue weighted by Crippen LogP contribution is -2.20. The fourth-order valence-electron chi connectivity index (χ4n) is 1.81. The second-order valence-corrected chi connectivity index (χ2v) is 5.21. The van der Waals surface area contributed by atoms with Gasteiger partial charge >= 0.3 is 4.87 Å². The van der Waals surface area contributed by atoms with Gasteiger partial charge < -0.3 is 14.6 Å². The van der Waals surface area contributed by atoms with Crippen LogP contribution in [0.1, 0.15) is 19.0 Å². The third kappa shape index (κ3) is 4.16. The maximum absolute atomic E-state index is 11.9. The molecule has 0 spiro atoms. The summed E-state index contributed by atoms with van der Waals surface area (Å²) in [5.41, 5.74) is 0.870. The van der Waals surface area contributed by atoms with E-state index < -0.39 is 0 Å². The number of ether oxygens (including phenoxy) is 1. The monoisotopic (exact) mass is 307 g/mol. The van der Waals surface area contributed by atoms with Crippen LogP contribution in [0.2, 0.25) is 0 Å². The van der Waals surface area contributed by atoms with Crippen molar-refractivity contribution in [1.82, 2.24) is 9.55 Å². The number of hydrogen-bond acceptors (Lipinski definition) is 5. The Labute approximate surface area is 126 Å². The van der Waals surface area contributed by atoms with E-state index in [2.05, 4.69) is 10.3 Å². The second kappa shape index (κ2) is 7.03. The molecule has 0 aliphatic heterocycles. The number of rotatable bonds is 6. The van der Waals surface area contributed by atoms with Gasteiger partial charge in [0.15, 0.2) is 0 Å². The SMILES string of the molecule is CCOc1cccc(NC(=O)CCn2c(C)csc2=O)n1. The highest BCUT2D eigenvalue weighted by Crippen LogP contribution is 2.11. The Hall–Kier alpha value is -2.15. The third-order valence-electron chi connectivity index (χ3n) is 2.82. The van der Waals surface area contributed by atoms with Crippen molar-refractivity contribution < 1.29 is 9.53 Å². The van der Waals surface area contributed by atoms with E-state index in [0.29, 0.717) is 24.8 Å². The molecule has 0 unspecified atom stereocenters. The number of hydrogen-bond donors (Lipinski definition) is 1. The normalized spacial score (nSPS) is 10.4. The Morgan fingerprint density at radius 1 is 1.48 bits per heavy atom. The first-order valence-corrected chi connectivity index (χ1v) is 7.52. The Kier molecular flexibility index (Phi) is 5.10. The van der Waals surface area contributed by atoms with Gasteiger partial charge in [-0.05, 0) is 19.9 Å². The van der Waals surface area contributed by atoms with Crippen molar-refractivity contribution in [3.63, 3.8) is 0 Å².